The summed E-state index contributed by atoms with van der Waals surface area (Å²) in [5.74, 6) is 0.255. The van der Waals surface area contributed by atoms with Crippen molar-refractivity contribution in [2.45, 2.75) is 26.3 Å². The van der Waals surface area contributed by atoms with E-state index in [4.69, 9.17) is 4.74 Å². The molecule has 6 heteroatoms. The molecule has 0 amide bonds. The zero-order valence-electron chi connectivity index (χ0n) is 10.3. The molecule has 0 radical (unpaired) electrons. The van der Waals surface area contributed by atoms with Gasteiger partial charge < -0.3 is 14.8 Å². The molecule has 0 heterocycles. The molecule has 102 valence electrons. The molecule has 0 aliphatic rings. The largest absolute Gasteiger partial charge is 0.573 e. The summed E-state index contributed by atoms with van der Waals surface area (Å²) in [6, 6.07) is 5.70. The van der Waals surface area contributed by atoms with Crippen molar-refractivity contribution in [3.8, 4) is 11.5 Å². The molecule has 0 aliphatic heterocycles. The van der Waals surface area contributed by atoms with E-state index < -0.39 is 6.36 Å². The van der Waals surface area contributed by atoms with Crippen molar-refractivity contribution in [1.29, 1.82) is 0 Å². The van der Waals surface area contributed by atoms with Gasteiger partial charge in [0.25, 0.3) is 0 Å². The Bertz CT molecular complexity index is 349. The van der Waals surface area contributed by atoms with Crippen LogP contribution in [-0.2, 0) is 0 Å². The quantitative estimate of drug-likeness (QED) is 0.800. The predicted molar refractivity (Wildman–Crippen MR) is 61.8 cm³/mol. The highest BCUT2D eigenvalue weighted by Crippen LogP contribution is 2.24. The second kappa shape index (κ2) is 6.49. The van der Waals surface area contributed by atoms with Crippen LogP contribution in [0, 0.1) is 0 Å². The van der Waals surface area contributed by atoms with Gasteiger partial charge in [-0.2, -0.15) is 0 Å². The van der Waals surface area contributed by atoms with Crippen LogP contribution >= 0.6 is 0 Å². The van der Waals surface area contributed by atoms with Gasteiger partial charge in [-0.3, -0.25) is 0 Å². The van der Waals surface area contributed by atoms with Crippen LogP contribution < -0.4 is 14.8 Å². The molecule has 1 N–H and O–H groups in total. The van der Waals surface area contributed by atoms with Crippen LogP contribution in [0.2, 0.25) is 0 Å². The van der Waals surface area contributed by atoms with Crippen LogP contribution in [-0.4, -0.2) is 25.6 Å². The summed E-state index contributed by atoms with van der Waals surface area (Å²) >= 11 is 0. The lowest BCUT2D eigenvalue weighted by molar-refractivity contribution is -0.274. The molecule has 1 aromatic rings. The minimum absolute atomic E-state index is 0.254. The van der Waals surface area contributed by atoms with Crippen molar-refractivity contribution in [3.63, 3.8) is 0 Å². The lowest BCUT2D eigenvalue weighted by Gasteiger charge is -2.11. The highest BCUT2D eigenvalue weighted by molar-refractivity contribution is 5.31. The standard InChI is InChI=1S/C12H16F3NO2/c1-9(2)16-7-8-17-10-3-5-11(6-4-10)18-12(13,14)15/h3-6,9,16H,7-8H2,1-2H3. The van der Waals surface area contributed by atoms with E-state index in [9.17, 15) is 13.2 Å². The van der Waals surface area contributed by atoms with Crippen molar-refractivity contribution < 1.29 is 22.6 Å². The fourth-order valence-electron chi connectivity index (χ4n) is 1.25. The van der Waals surface area contributed by atoms with Gasteiger partial charge >= 0.3 is 6.36 Å². The molecule has 0 saturated carbocycles. The lowest BCUT2D eigenvalue weighted by atomic mass is 10.3. The molecule has 0 spiro atoms. The van der Waals surface area contributed by atoms with Gasteiger partial charge in [0.05, 0.1) is 0 Å². The van der Waals surface area contributed by atoms with Crippen LogP contribution in [0.15, 0.2) is 24.3 Å². The Balaban J connectivity index is 2.36. The Morgan fingerprint density at radius 2 is 1.67 bits per heavy atom. The fraction of sp³-hybridized carbons (Fsp3) is 0.500. The SMILES string of the molecule is CC(C)NCCOc1ccc(OC(F)(F)F)cc1. The summed E-state index contributed by atoms with van der Waals surface area (Å²) < 4.78 is 44.8. The first-order chi connectivity index (χ1) is 8.37. The normalized spacial score (nSPS) is 11.7. The number of ether oxygens (including phenoxy) is 2. The van der Waals surface area contributed by atoms with Crippen molar-refractivity contribution in [3.05, 3.63) is 24.3 Å². The summed E-state index contributed by atoms with van der Waals surface area (Å²) in [4.78, 5) is 0. The fourth-order valence-corrected chi connectivity index (χ4v) is 1.25. The average molecular weight is 263 g/mol. The third kappa shape index (κ3) is 6.34. The molecule has 1 aromatic carbocycles. The van der Waals surface area contributed by atoms with Gasteiger partial charge in [0.2, 0.25) is 0 Å². The number of benzene rings is 1. The number of hydrogen-bond donors (Lipinski definition) is 1. The summed E-state index contributed by atoms with van der Waals surface area (Å²) in [5, 5.41) is 3.16. The number of hydrogen-bond acceptors (Lipinski definition) is 3. The van der Waals surface area contributed by atoms with Crippen molar-refractivity contribution >= 4 is 0 Å². The Morgan fingerprint density at radius 1 is 1.11 bits per heavy atom. The first-order valence-electron chi connectivity index (χ1n) is 5.59. The number of alkyl halides is 3. The summed E-state index contributed by atoms with van der Waals surface area (Å²) in [5.41, 5.74) is 0. The molecule has 0 fully saturated rings. The second-order valence-electron chi connectivity index (χ2n) is 3.98. The third-order valence-electron chi connectivity index (χ3n) is 1.98. The van der Waals surface area contributed by atoms with E-state index in [-0.39, 0.29) is 5.75 Å². The Hall–Kier alpha value is -1.43. The first-order valence-corrected chi connectivity index (χ1v) is 5.59. The van der Waals surface area contributed by atoms with Crippen LogP contribution in [0.25, 0.3) is 0 Å². The molecule has 0 saturated heterocycles. The second-order valence-corrected chi connectivity index (χ2v) is 3.98. The van der Waals surface area contributed by atoms with Gasteiger partial charge in [-0.25, -0.2) is 0 Å². The Morgan fingerprint density at radius 3 is 2.17 bits per heavy atom. The number of rotatable bonds is 6. The van der Waals surface area contributed by atoms with Gasteiger partial charge in [-0.05, 0) is 24.3 Å². The monoisotopic (exact) mass is 263 g/mol. The van der Waals surface area contributed by atoms with Crippen molar-refractivity contribution in [2.24, 2.45) is 0 Å². The first kappa shape index (κ1) is 14.6. The number of halogens is 3. The molecule has 1 rings (SSSR count). The Labute approximate surface area is 104 Å². The van der Waals surface area contributed by atoms with Gasteiger partial charge in [0.1, 0.15) is 18.1 Å². The maximum absolute atomic E-state index is 11.9. The van der Waals surface area contributed by atoms with E-state index in [0.29, 0.717) is 24.9 Å². The van der Waals surface area contributed by atoms with Crippen LogP contribution in [0.5, 0.6) is 11.5 Å². The lowest BCUT2D eigenvalue weighted by Crippen LogP contribution is -2.27. The van der Waals surface area contributed by atoms with E-state index in [0.717, 1.165) is 0 Å². The highest BCUT2D eigenvalue weighted by Gasteiger charge is 2.30. The van der Waals surface area contributed by atoms with Crippen LogP contribution in [0.4, 0.5) is 13.2 Å². The molecule has 0 bridgehead atoms. The van der Waals surface area contributed by atoms with Gasteiger partial charge in [0.15, 0.2) is 0 Å². The maximum Gasteiger partial charge on any atom is 0.573 e. The molecule has 0 aromatic heterocycles. The van der Waals surface area contributed by atoms with E-state index >= 15 is 0 Å². The molecular formula is C12H16F3NO2. The van der Waals surface area contributed by atoms with E-state index in [2.05, 4.69) is 10.1 Å². The molecule has 0 atom stereocenters. The molecule has 0 unspecified atom stereocenters. The van der Waals surface area contributed by atoms with E-state index in [1.54, 1.807) is 0 Å². The third-order valence-corrected chi connectivity index (χ3v) is 1.98. The van der Waals surface area contributed by atoms with Gasteiger partial charge in [-0.1, -0.05) is 13.8 Å². The van der Waals surface area contributed by atoms with E-state index in [1.807, 2.05) is 13.8 Å². The summed E-state index contributed by atoms with van der Waals surface area (Å²) in [7, 11) is 0. The molecular weight excluding hydrogens is 247 g/mol. The zero-order valence-corrected chi connectivity index (χ0v) is 10.3. The van der Waals surface area contributed by atoms with Gasteiger partial charge in [0, 0.05) is 12.6 Å². The smallest absolute Gasteiger partial charge is 0.492 e. The minimum atomic E-state index is -4.66. The predicted octanol–water partition coefficient (Wildman–Crippen LogP) is 2.96. The van der Waals surface area contributed by atoms with Crippen LogP contribution in [0.3, 0.4) is 0 Å². The molecule has 0 aliphatic carbocycles. The summed E-state index contributed by atoms with van der Waals surface area (Å²) in [6.45, 7) is 5.17. The van der Waals surface area contributed by atoms with E-state index in [1.165, 1.54) is 24.3 Å². The van der Waals surface area contributed by atoms with Crippen molar-refractivity contribution in [1.82, 2.24) is 5.32 Å². The molecule has 3 nitrogen and oxygen atoms in total. The highest BCUT2D eigenvalue weighted by atomic mass is 19.4. The maximum atomic E-state index is 11.9. The molecule has 18 heavy (non-hydrogen) atoms. The van der Waals surface area contributed by atoms with Gasteiger partial charge in [-0.15, -0.1) is 13.2 Å². The zero-order chi connectivity index (χ0) is 13.6. The minimum Gasteiger partial charge on any atom is -0.492 e. The Kier molecular flexibility index (Phi) is 5.27. The van der Waals surface area contributed by atoms with Crippen molar-refractivity contribution in [2.75, 3.05) is 13.2 Å². The average Bonchev–Trinajstić information content (AvgIpc) is 2.24. The number of nitrogens with one attached hydrogen (secondary N) is 1. The summed E-state index contributed by atoms with van der Waals surface area (Å²) in [6.07, 6.45) is -4.66. The van der Waals surface area contributed by atoms with Crippen LogP contribution in [0.1, 0.15) is 13.8 Å². The topological polar surface area (TPSA) is 30.5 Å².